The van der Waals surface area contributed by atoms with Crippen LogP contribution < -0.4 is 5.73 Å². The zero-order valence-corrected chi connectivity index (χ0v) is 9.98. The molecule has 0 aromatic rings. The number of nitrogens with two attached hydrogens (primary N) is 1. The van der Waals surface area contributed by atoms with Gasteiger partial charge in [-0.2, -0.15) is 0 Å². The van der Waals surface area contributed by atoms with E-state index in [1.807, 2.05) is 0 Å². The molecule has 2 atom stereocenters. The second kappa shape index (κ2) is 6.83. The van der Waals surface area contributed by atoms with Crippen molar-refractivity contribution < 1.29 is 19.0 Å². The monoisotopic (exact) mass is 231 g/mol. The Kier molecular flexibility index (Phi) is 5.73. The highest BCUT2D eigenvalue weighted by atomic mass is 16.6. The summed E-state index contributed by atoms with van der Waals surface area (Å²) < 4.78 is 15.4. The van der Waals surface area contributed by atoms with Crippen LogP contribution in [0.2, 0.25) is 0 Å². The van der Waals surface area contributed by atoms with Crippen molar-refractivity contribution in [1.29, 1.82) is 0 Å². The van der Waals surface area contributed by atoms with E-state index in [2.05, 4.69) is 13.8 Å². The number of ether oxygens (including phenoxy) is 3. The number of carbonyl (C=O) groups excluding carboxylic acids is 1. The highest BCUT2D eigenvalue weighted by molar-refractivity contribution is 5.73. The Hall–Kier alpha value is -0.650. The summed E-state index contributed by atoms with van der Waals surface area (Å²) in [4.78, 5) is 11.5. The largest absolute Gasteiger partial charge is 0.463 e. The van der Waals surface area contributed by atoms with Crippen molar-refractivity contribution in [3.8, 4) is 0 Å². The van der Waals surface area contributed by atoms with Crippen molar-refractivity contribution in [2.45, 2.75) is 19.9 Å². The summed E-state index contributed by atoms with van der Waals surface area (Å²) in [5.41, 5.74) is 5.69. The standard InChI is InChI=1S/C11H21NO4/c1-8(2)5-14-3-4-16-11(13)9-6-15-7-10(9)12/h8-10H,3-7,12H2,1-2H3. The SMILES string of the molecule is CC(C)COCCOC(=O)C1COCC1N. The van der Waals surface area contributed by atoms with E-state index < -0.39 is 0 Å². The maximum atomic E-state index is 11.5. The van der Waals surface area contributed by atoms with Crippen LogP contribution in [0.3, 0.4) is 0 Å². The molecule has 0 aromatic carbocycles. The van der Waals surface area contributed by atoms with E-state index in [-0.39, 0.29) is 24.5 Å². The van der Waals surface area contributed by atoms with Crippen LogP contribution in [0.1, 0.15) is 13.8 Å². The fourth-order valence-electron chi connectivity index (χ4n) is 1.44. The fourth-order valence-corrected chi connectivity index (χ4v) is 1.44. The van der Waals surface area contributed by atoms with Gasteiger partial charge in [-0.25, -0.2) is 0 Å². The lowest BCUT2D eigenvalue weighted by molar-refractivity contribution is -0.150. The molecule has 1 aliphatic heterocycles. The highest BCUT2D eigenvalue weighted by Gasteiger charge is 2.32. The van der Waals surface area contributed by atoms with Crippen LogP contribution in [0, 0.1) is 11.8 Å². The Labute approximate surface area is 96.2 Å². The molecule has 1 rings (SSSR count). The van der Waals surface area contributed by atoms with E-state index in [1.165, 1.54) is 0 Å². The summed E-state index contributed by atoms with van der Waals surface area (Å²) in [5, 5.41) is 0. The van der Waals surface area contributed by atoms with E-state index in [0.717, 1.165) is 0 Å². The topological polar surface area (TPSA) is 70.8 Å². The molecule has 0 radical (unpaired) electrons. The van der Waals surface area contributed by atoms with Gasteiger partial charge in [-0.05, 0) is 5.92 Å². The van der Waals surface area contributed by atoms with Gasteiger partial charge in [-0.3, -0.25) is 4.79 Å². The second-order valence-electron chi connectivity index (χ2n) is 4.44. The van der Waals surface area contributed by atoms with Crippen molar-refractivity contribution in [2.75, 3.05) is 33.0 Å². The van der Waals surface area contributed by atoms with Crippen LogP contribution in [0.25, 0.3) is 0 Å². The molecule has 5 nitrogen and oxygen atoms in total. The van der Waals surface area contributed by atoms with Gasteiger partial charge in [-0.1, -0.05) is 13.8 Å². The van der Waals surface area contributed by atoms with Gasteiger partial charge < -0.3 is 19.9 Å². The van der Waals surface area contributed by atoms with Gasteiger partial charge in [0.15, 0.2) is 0 Å². The van der Waals surface area contributed by atoms with E-state index in [9.17, 15) is 4.79 Å². The van der Waals surface area contributed by atoms with Gasteiger partial charge in [0.05, 0.1) is 25.7 Å². The average Bonchev–Trinajstić information content (AvgIpc) is 2.63. The Bertz CT molecular complexity index is 220. The first-order valence-electron chi connectivity index (χ1n) is 5.69. The summed E-state index contributed by atoms with van der Waals surface area (Å²) in [7, 11) is 0. The van der Waals surface area contributed by atoms with Crippen molar-refractivity contribution in [2.24, 2.45) is 17.6 Å². The third-order valence-corrected chi connectivity index (χ3v) is 2.35. The van der Waals surface area contributed by atoms with Crippen molar-refractivity contribution in [3.63, 3.8) is 0 Å². The number of carbonyl (C=O) groups is 1. The third kappa shape index (κ3) is 4.47. The van der Waals surface area contributed by atoms with Gasteiger partial charge in [0.2, 0.25) is 0 Å². The van der Waals surface area contributed by atoms with Crippen LogP contribution in [-0.2, 0) is 19.0 Å². The van der Waals surface area contributed by atoms with Crippen LogP contribution in [-0.4, -0.2) is 45.0 Å². The molecule has 0 spiro atoms. The first-order chi connectivity index (χ1) is 7.61. The van der Waals surface area contributed by atoms with Crippen molar-refractivity contribution in [3.05, 3.63) is 0 Å². The molecule has 0 amide bonds. The molecule has 0 bridgehead atoms. The Morgan fingerprint density at radius 3 is 2.75 bits per heavy atom. The molecule has 1 aliphatic rings. The zero-order valence-electron chi connectivity index (χ0n) is 9.98. The minimum Gasteiger partial charge on any atom is -0.463 e. The molecule has 1 saturated heterocycles. The van der Waals surface area contributed by atoms with E-state index in [1.54, 1.807) is 0 Å². The zero-order chi connectivity index (χ0) is 12.0. The van der Waals surface area contributed by atoms with Gasteiger partial charge in [0, 0.05) is 12.6 Å². The second-order valence-corrected chi connectivity index (χ2v) is 4.44. The van der Waals surface area contributed by atoms with E-state index in [4.69, 9.17) is 19.9 Å². The molecule has 94 valence electrons. The smallest absolute Gasteiger partial charge is 0.313 e. The maximum Gasteiger partial charge on any atom is 0.313 e. The molecule has 0 saturated carbocycles. The van der Waals surface area contributed by atoms with Crippen molar-refractivity contribution >= 4 is 5.97 Å². The molecular formula is C11H21NO4. The lowest BCUT2D eigenvalue weighted by Crippen LogP contribution is -2.35. The first kappa shape index (κ1) is 13.4. The van der Waals surface area contributed by atoms with Crippen LogP contribution >= 0.6 is 0 Å². The van der Waals surface area contributed by atoms with E-state index >= 15 is 0 Å². The summed E-state index contributed by atoms with van der Waals surface area (Å²) in [5.74, 6) is -0.101. The molecule has 2 N–H and O–H groups in total. The summed E-state index contributed by atoms with van der Waals surface area (Å²) >= 11 is 0. The number of rotatable bonds is 6. The van der Waals surface area contributed by atoms with Gasteiger partial charge in [-0.15, -0.1) is 0 Å². The number of hydrogen-bond donors (Lipinski definition) is 1. The Morgan fingerprint density at radius 2 is 2.19 bits per heavy atom. The molecule has 2 unspecified atom stereocenters. The lowest BCUT2D eigenvalue weighted by atomic mass is 10.1. The Morgan fingerprint density at radius 1 is 1.44 bits per heavy atom. The average molecular weight is 231 g/mol. The Balaban J connectivity index is 2.06. The predicted octanol–water partition coefficient (Wildman–Crippen LogP) is 0.176. The first-order valence-corrected chi connectivity index (χ1v) is 5.69. The third-order valence-electron chi connectivity index (χ3n) is 2.35. The van der Waals surface area contributed by atoms with Crippen molar-refractivity contribution in [1.82, 2.24) is 0 Å². The molecule has 1 heterocycles. The molecule has 5 heteroatoms. The summed E-state index contributed by atoms with van der Waals surface area (Å²) in [6.07, 6.45) is 0. The van der Waals surface area contributed by atoms with Crippen LogP contribution in [0.5, 0.6) is 0 Å². The van der Waals surface area contributed by atoms with Crippen LogP contribution in [0.4, 0.5) is 0 Å². The molecule has 16 heavy (non-hydrogen) atoms. The minimum absolute atomic E-state index is 0.232. The minimum atomic E-state index is -0.315. The van der Waals surface area contributed by atoms with Gasteiger partial charge >= 0.3 is 5.97 Å². The predicted molar refractivity (Wildman–Crippen MR) is 58.9 cm³/mol. The maximum absolute atomic E-state index is 11.5. The molecule has 1 fully saturated rings. The number of hydrogen-bond acceptors (Lipinski definition) is 5. The van der Waals surface area contributed by atoms with Crippen LogP contribution in [0.15, 0.2) is 0 Å². The molecule has 0 aromatic heterocycles. The fraction of sp³-hybridized carbons (Fsp3) is 0.909. The van der Waals surface area contributed by atoms with E-state index in [0.29, 0.717) is 32.3 Å². The van der Waals surface area contributed by atoms with Gasteiger partial charge in [0.25, 0.3) is 0 Å². The summed E-state index contributed by atoms with van der Waals surface area (Å²) in [6.45, 7) is 6.35. The van der Waals surface area contributed by atoms with Gasteiger partial charge in [0.1, 0.15) is 6.61 Å². The highest BCUT2D eigenvalue weighted by Crippen LogP contribution is 2.13. The normalized spacial score (nSPS) is 25.0. The summed E-state index contributed by atoms with van der Waals surface area (Å²) in [6, 6.07) is -0.232. The number of esters is 1. The molecular weight excluding hydrogens is 210 g/mol. The lowest BCUT2D eigenvalue weighted by Gasteiger charge is -2.12. The quantitative estimate of drug-likeness (QED) is 0.521. The molecule has 0 aliphatic carbocycles.